The first kappa shape index (κ1) is 13.1. The molecule has 0 fully saturated rings. The molecule has 1 aromatic heterocycles. The minimum Gasteiger partial charge on any atom is -0.508 e. The van der Waals surface area contributed by atoms with E-state index in [4.69, 9.17) is 0 Å². The van der Waals surface area contributed by atoms with E-state index in [1.807, 2.05) is 29.6 Å². The van der Waals surface area contributed by atoms with Crippen LogP contribution in [-0.4, -0.2) is 16.8 Å². The van der Waals surface area contributed by atoms with Crippen LogP contribution in [0.5, 0.6) is 5.75 Å². The molecule has 2 rings (SSSR count). The number of benzene rings is 1. The Morgan fingerprint density at radius 2 is 2.11 bits per heavy atom. The molecule has 0 saturated heterocycles. The Labute approximate surface area is 111 Å². The number of rotatable bonds is 5. The maximum Gasteiger partial charge on any atom is 0.115 e. The Hall–Kier alpha value is -1.36. The molecular weight excluding hydrogens is 246 g/mol. The Bertz CT molecular complexity index is 494. The molecule has 0 aliphatic carbocycles. The van der Waals surface area contributed by atoms with Gasteiger partial charge in [0.05, 0.1) is 0 Å². The molecular formula is C14H17NO2S. The summed E-state index contributed by atoms with van der Waals surface area (Å²) in [4.78, 5) is 0.950. The lowest BCUT2D eigenvalue weighted by atomic mass is 10.1. The number of aliphatic hydroxyl groups is 1. The molecule has 1 aromatic carbocycles. The fourth-order valence-corrected chi connectivity index (χ4v) is 2.58. The summed E-state index contributed by atoms with van der Waals surface area (Å²) in [6.07, 6.45) is 0. The highest BCUT2D eigenvalue weighted by Crippen LogP contribution is 2.24. The number of thiophene rings is 1. The normalized spacial score (nSPS) is 14.3. The molecule has 18 heavy (non-hydrogen) atoms. The van der Waals surface area contributed by atoms with Crippen LogP contribution in [0.4, 0.5) is 0 Å². The van der Waals surface area contributed by atoms with E-state index in [9.17, 15) is 10.2 Å². The van der Waals surface area contributed by atoms with Crippen molar-refractivity contribution in [3.8, 4) is 5.75 Å². The van der Waals surface area contributed by atoms with Crippen molar-refractivity contribution < 1.29 is 10.2 Å². The SMILES string of the molecule is CC(O)(CNCc1cccc(O)c1)c1cccs1. The lowest BCUT2D eigenvalue weighted by Gasteiger charge is -2.22. The standard InChI is InChI=1S/C14H17NO2S/c1-14(17,13-6-3-7-18-13)10-15-9-11-4-2-5-12(16)8-11/h2-8,15-17H,9-10H2,1H3. The van der Waals surface area contributed by atoms with Gasteiger partial charge in [-0.25, -0.2) is 0 Å². The van der Waals surface area contributed by atoms with E-state index in [2.05, 4.69) is 5.32 Å². The van der Waals surface area contributed by atoms with Crippen LogP contribution in [0, 0.1) is 0 Å². The third kappa shape index (κ3) is 3.32. The molecule has 2 aromatic rings. The largest absolute Gasteiger partial charge is 0.508 e. The van der Waals surface area contributed by atoms with Crippen LogP contribution in [0.2, 0.25) is 0 Å². The zero-order chi connectivity index (χ0) is 13.0. The number of phenolic OH excluding ortho intramolecular Hbond substituents is 1. The van der Waals surface area contributed by atoms with Crippen LogP contribution in [0.25, 0.3) is 0 Å². The van der Waals surface area contributed by atoms with E-state index in [-0.39, 0.29) is 5.75 Å². The molecule has 3 N–H and O–H groups in total. The predicted molar refractivity (Wildman–Crippen MR) is 73.7 cm³/mol. The number of nitrogens with one attached hydrogen (secondary N) is 1. The summed E-state index contributed by atoms with van der Waals surface area (Å²) in [5.41, 5.74) is 0.141. The van der Waals surface area contributed by atoms with Gasteiger partial charge in [-0.15, -0.1) is 11.3 Å². The smallest absolute Gasteiger partial charge is 0.115 e. The number of aromatic hydroxyl groups is 1. The van der Waals surface area contributed by atoms with E-state index in [1.165, 1.54) is 0 Å². The number of hydrogen-bond donors (Lipinski definition) is 3. The van der Waals surface area contributed by atoms with E-state index < -0.39 is 5.60 Å². The second kappa shape index (κ2) is 5.52. The van der Waals surface area contributed by atoms with E-state index in [1.54, 1.807) is 30.4 Å². The maximum atomic E-state index is 10.3. The van der Waals surface area contributed by atoms with E-state index in [0.29, 0.717) is 13.1 Å². The van der Waals surface area contributed by atoms with Crippen molar-refractivity contribution in [3.63, 3.8) is 0 Å². The van der Waals surface area contributed by atoms with Gasteiger partial charge in [-0.2, -0.15) is 0 Å². The van der Waals surface area contributed by atoms with Crippen LogP contribution in [0.3, 0.4) is 0 Å². The lowest BCUT2D eigenvalue weighted by molar-refractivity contribution is 0.0604. The second-order valence-corrected chi connectivity index (χ2v) is 5.47. The van der Waals surface area contributed by atoms with Crippen LogP contribution in [-0.2, 0) is 12.1 Å². The third-order valence-electron chi connectivity index (χ3n) is 2.76. The molecule has 0 saturated carbocycles. The van der Waals surface area contributed by atoms with Gasteiger partial charge in [-0.1, -0.05) is 18.2 Å². The first-order chi connectivity index (χ1) is 8.58. The molecule has 1 atom stereocenters. The molecule has 0 aliphatic rings. The maximum absolute atomic E-state index is 10.3. The highest BCUT2D eigenvalue weighted by molar-refractivity contribution is 7.10. The number of hydrogen-bond acceptors (Lipinski definition) is 4. The zero-order valence-corrected chi connectivity index (χ0v) is 11.1. The second-order valence-electron chi connectivity index (χ2n) is 4.52. The molecule has 0 radical (unpaired) electrons. The van der Waals surface area contributed by atoms with Gasteiger partial charge in [-0.3, -0.25) is 0 Å². The monoisotopic (exact) mass is 263 g/mol. The van der Waals surface area contributed by atoms with Crippen LogP contribution in [0.1, 0.15) is 17.4 Å². The molecule has 96 valence electrons. The van der Waals surface area contributed by atoms with Gasteiger partial charge in [0.2, 0.25) is 0 Å². The van der Waals surface area contributed by atoms with E-state index >= 15 is 0 Å². The predicted octanol–water partition coefficient (Wildman–Crippen LogP) is 2.45. The van der Waals surface area contributed by atoms with Gasteiger partial charge in [0.1, 0.15) is 11.4 Å². The first-order valence-corrected chi connectivity index (χ1v) is 6.71. The minimum atomic E-state index is -0.856. The third-order valence-corrected chi connectivity index (χ3v) is 3.88. The highest BCUT2D eigenvalue weighted by atomic mass is 32.1. The Kier molecular flexibility index (Phi) is 4.01. The summed E-state index contributed by atoms with van der Waals surface area (Å²) in [5.74, 6) is 0.263. The van der Waals surface area contributed by atoms with Crippen molar-refractivity contribution in [1.29, 1.82) is 0 Å². The average Bonchev–Trinajstić information content (AvgIpc) is 2.83. The van der Waals surface area contributed by atoms with Crippen LogP contribution in [0.15, 0.2) is 41.8 Å². The van der Waals surface area contributed by atoms with Crippen molar-refractivity contribution in [3.05, 3.63) is 52.2 Å². The van der Waals surface area contributed by atoms with Crippen LogP contribution < -0.4 is 5.32 Å². The summed E-state index contributed by atoms with van der Waals surface area (Å²) in [6.45, 7) is 2.90. The molecule has 3 nitrogen and oxygen atoms in total. The van der Waals surface area contributed by atoms with Gasteiger partial charge in [0.25, 0.3) is 0 Å². The first-order valence-electron chi connectivity index (χ1n) is 5.83. The van der Waals surface area contributed by atoms with Crippen molar-refractivity contribution >= 4 is 11.3 Å². The van der Waals surface area contributed by atoms with Gasteiger partial charge >= 0.3 is 0 Å². The van der Waals surface area contributed by atoms with Gasteiger partial charge in [0, 0.05) is 18.0 Å². The van der Waals surface area contributed by atoms with Crippen molar-refractivity contribution in [1.82, 2.24) is 5.32 Å². The topological polar surface area (TPSA) is 52.5 Å². The molecule has 1 heterocycles. The Morgan fingerprint density at radius 1 is 1.28 bits per heavy atom. The summed E-state index contributed by atoms with van der Waals surface area (Å²) < 4.78 is 0. The van der Waals surface area contributed by atoms with Crippen LogP contribution >= 0.6 is 11.3 Å². The van der Waals surface area contributed by atoms with Gasteiger partial charge in [-0.05, 0) is 36.1 Å². The van der Waals surface area contributed by atoms with Gasteiger partial charge in [0.15, 0.2) is 0 Å². The van der Waals surface area contributed by atoms with Crippen molar-refractivity contribution in [2.24, 2.45) is 0 Å². The number of phenols is 1. The Morgan fingerprint density at radius 3 is 2.78 bits per heavy atom. The van der Waals surface area contributed by atoms with Crippen molar-refractivity contribution in [2.75, 3.05) is 6.54 Å². The lowest BCUT2D eigenvalue weighted by Crippen LogP contribution is -2.34. The molecule has 4 heteroatoms. The fourth-order valence-electron chi connectivity index (χ4n) is 1.79. The average molecular weight is 263 g/mol. The Balaban J connectivity index is 1.89. The fraction of sp³-hybridized carbons (Fsp3) is 0.286. The highest BCUT2D eigenvalue weighted by Gasteiger charge is 2.23. The van der Waals surface area contributed by atoms with E-state index in [0.717, 1.165) is 10.4 Å². The summed E-state index contributed by atoms with van der Waals surface area (Å²) in [7, 11) is 0. The molecule has 0 amide bonds. The molecule has 0 spiro atoms. The molecule has 0 bridgehead atoms. The summed E-state index contributed by atoms with van der Waals surface area (Å²) in [6, 6.07) is 11.0. The van der Waals surface area contributed by atoms with Gasteiger partial charge < -0.3 is 15.5 Å². The quantitative estimate of drug-likeness (QED) is 0.776. The summed E-state index contributed by atoms with van der Waals surface area (Å²) >= 11 is 1.55. The zero-order valence-electron chi connectivity index (χ0n) is 10.3. The molecule has 1 unspecified atom stereocenters. The minimum absolute atomic E-state index is 0.263. The molecule has 0 aliphatic heterocycles. The van der Waals surface area contributed by atoms with Crippen molar-refractivity contribution in [2.45, 2.75) is 19.1 Å². The summed E-state index contributed by atoms with van der Waals surface area (Å²) in [5, 5.41) is 24.8.